The van der Waals surface area contributed by atoms with Gasteiger partial charge in [-0.15, -0.1) is 0 Å². The third kappa shape index (κ3) is 3.11. The molecule has 1 aromatic rings. The predicted octanol–water partition coefficient (Wildman–Crippen LogP) is 2.48. The first-order valence-electron chi connectivity index (χ1n) is 5.56. The van der Waals surface area contributed by atoms with Gasteiger partial charge >= 0.3 is 0 Å². The number of nitrogens with one attached hydrogen (secondary N) is 1. The van der Waals surface area contributed by atoms with Crippen LogP contribution in [0.3, 0.4) is 0 Å². The van der Waals surface area contributed by atoms with E-state index in [-0.39, 0.29) is 5.41 Å². The third-order valence-corrected chi connectivity index (χ3v) is 2.66. The van der Waals surface area contributed by atoms with E-state index in [1.165, 1.54) is 0 Å². The fourth-order valence-electron chi connectivity index (χ4n) is 1.79. The summed E-state index contributed by atoms with van der Waals surface area (Å²) < 4.78 is 10.7. The second kappa shape index (κ2) is 5.38. The molecule has 0 aliphatic rings. The number of rotatable bonds is 4. The van der Waals surface area contributed by atoms with E-state index in [2.05, 4.69) is 26.3 Å². The molecule has 0 aromatic heterocycles. The number of hydrogen-bond donors (Lipinski definition) is 2. The van der Waals surface area contributed by atoms with Crippen molar-refractivity contribution in [2.45, 2.75) is 32.7 Å². The minimum Gasteiger partial charge on any atom is -0.497 e. The van der Waals surface area contributed by atoms with E-state index in [0.717, 1.165) is 22.6 Å². The molecule has 0 spiro atoms. The van der Waals surface area contributed by atoms with Crippen LogP contribution < -0.4 is 15.0 Å². The Morgan fingerprint density at radius 2 is 1.82 bits per heavy atom. The average molecular weight is 239 g/mol. The van der Waals surface area contributed by atoms with E-state index in [4.69, 9.17) is 14.7 Å². The van der Waals surface area contributed by atoms with Gasteiger partial charge in [0.05, 0.1) is 14.2 Å². The number of benzene rings is 1. The van der Waals surface area contributed by atoms with Crippen molar-refractivity contribution >= 4 is 0 Å². The molecule has 0 amide bonds. The lowest BCUT2D eigenvalue weighted by molar-refractivity contribution is 0.160. The second-order valence-electron chi connectivity index (χ2n) is 4.95. The molecule has 1 aromatic carbocycles. The van der Waals surface area contributed by atoms with Crippen molar-refractivity contribution in [3.05, 3.63) is 23.3 Å². The molecule has 4 heteroatoms. The van der Waals surface area contributed by atoms with E-state index < -0.39 is 0 Å². The maximum Gasteiger partial charge on any atom is 0.127 e. The van der Waals surface area contributed by atoms with Gasteiger partial charge in [0.15, 0.2) is 0 Å². The summed E-state index contributed by atoms with van der Waals surface area (Å²) >= 11 is 0. The van der Waals surface area contributed by atoms with Gasteiger partial charge in [-0.3, -0.25) is 0 Å². The summed E-state index contributed by atoms with van der Waals surface area (Å²) in [6.07, 6.45) is 0. The number of methoxy groups -OCH3 is 2. The maximum atomic E-state index is 8.85. The normalized spacial score (nSPS) is 11.4. The van der Waals surface area contributed by atoms with Gasteiger partial charge in [0.25, 0.3) is 0 Å². The molecule has 4 nitrogen and oxygen atoms in total. The predicted molar refractivity (Wildman–Crippen MR) is 66.9 cm³/mol. The standard InChI is InChI=1S/C13H21NO3/c1-13(2,3)11-7-10(16-4)6-9(8-14-15)12(11)17-5/h6-7,14-15H,8H2,1-5H3. The Labute approximate surface area is 103 Å². The molecule has 0 atom stereocenters. The van der Waals surface area contributed by atoms with Gasteiger partial charge in [-0.25, -0.2) is 5.48 Å². The summed E-state index contributed by atoms with van der Waals surface area (Å²) in [7, 11) is 3.27. The first kappa shape index (κ1) is 13.8. The summed E-state index contributed by atoms with van der Waals surface area (Å²) in [5.74, 6) is 1.56. The zero-order chi connectivity index (χ0) is 13.1. The summed E-state index contributed by atoms with van der Waals surface area (Å²) in [4.78, 5) is 0. The quantitative estimate of drug-likeness (QED) is 0.793. The summed E-state index contributed by atoms with van der Waals surface area (Å²) in [6.45, 7) is 6.66. The van der Waals surface area contributed by atoms with Crippen LogP contribution in [-0.2, 0) is 12.0 Å². The molecule has 0 bridgehead atoms. The van der Waals surface area contributed by atoms with Gasteiger partial charge in [0.2, 0.25) is 0 Å². The van der Waals surface area contributed by atoms with Crippen LogP contribution in [0.25, 0.3) is 0 Å². The van der Waals surface area contributed by atoms with Crippen molar-refractivity contribution < 1.29 is 14.7 Å². The molecular weight excluding hydrogens is 218 g/mol. The minimum absolute atomic E-state index is 0.0515. The van der Waals surface area contributed by atoms with Crippen molar-refractivity contribution in [3.63, 3.8) is 0 Å². The topological polar surface area (TPSA) is 50.7 Å². The van der Waals surface area contributed by atoms with Gasteiger partial charge in [0.1, 0.15) is 11.5 Å². The van der Waals surface area contributed by atoms with Crippen molar-refractivity contribution in [3.8, 4) is 11.5 Å². The minimum atomic E-state index is -0.0515. The monoisotopic (exact) mass is 239 g/mol. The van der Waals surface area contributed by atoms with E-state index >= 15 is 0 Å². The molecule has 0 radical (unpaired) electrons. The molecule has 2 N–H and O–H groups in total. The Morgan fingerprint density at radius 3 is 2.24 bits per heavy atom. The molecule has 0 saturated heterocycles. The van der Waals surface area contributed by atoms with Crippen LogP contribution in [0, 0.1) is 0 Å². The van der Waals surface area contributed by atoms with Gasteiger partial charge in [-0.2, -0.15) is 0 Å². The van der Waals surface area contributed by atoms with E-state index in [9.17, 15) is 0 Å². The van der Waals surface area contributed by atoms with Crippen LogP contribution in [0.2, 0.25) is 0 Å². The largest absolute Gasteiger partial charge is 0.497 e. The third-order valence-electron chi connectivity index (χ3n) is 2.66. The first-order chi connectivity index (χ1) is 7.93. The fraction of sp³-hybridized carbons (Fsp3) is 0.538. The van der Waals surface area contributed by atoms with Gasteiger partial charge in [-0.1, -0.05) is 20.8 Å². The van der Waals surface area contributed by atoms with Crippen molar-refractivity contribution in [2.75, 3.05) is 14.2 Å². The maximum absolute atomic E-state index is 8.85. The molecule has 0 aliphatic carbocycles. The van der Waals surface area contributed by atoms with Gasteiger partial charge < -0.3 is 14.7 Å². The van der Waals surface area contributed by atoms with Crippen LogP contribution in [-0.4, -0.2) is 19.4 Å². The number of hydroxylamine groups is 1. The molecule has 96 valence electrons. The lowest BCUT2D eigenvalue weighted by atomic mass is 9.85. The molecule has 1 rings (SSSR count). The Balaban J connectivity index is 3.39. The molecule has 0 fully saturated rings. The molecule has 0 heterocycles. The lowest BCUT2D eigenvalue weighted by Crippen LogP contribution is -2.16. The highest BCUT2D eigenvalue weighted by molar-refractivity contribution is 5.50. The SMILES string of the molecule is COc1cc(CNO)c(OC)c(C(C)(C)C)c1. The molecule has 17 heavy (non-hydrogen) atoms. The Hall–Kier alpha value is -1.26. The summed E-state index contributed by atoms with van der Waals surface area (Å²) in [6, 6.07) is 3.83. The number of hydrogen-bond acceptors (Lipinski definition) is 4. The Bertz CT molecular complexity index is 383. The van der Waals surface area contributed by atoms with E-state index in [1.54, 1.807) is 14.2 Å². The van der Waals surface area contributed by atoms with Gasteiger partial charge in [-0.05, 0) is 17.5 Å². The molecule has 0 saturated carbocycles. The molecular formula is C13H21NO3. The van der Waals surface area contributed by atoms with Crippen LogP contribution in [0.5, 0.6) is 11.5 Å². The lowest BCUT2D eigenvalue weighted by Gasteiger charge is -2.24. The number of ether oxygens (including phenoxy) is 2. The highest BCUT2D eigenvalue weighted by Crippen LogP contribution is 2.37. The van der Waals surface area contributed by atoms with Gasteiger partial charge in [0, 0.05) is 17.7 Å². The van der Waals surface area contributed by atoms with Crippen LogP contribution in [0.4, 0.5) is 0 Å². The average Bonchev–Trinajstić information content (AvgIpc) is 2.27. The van der Waals surface area contributed by atoms with E-state index in [0.29, 0.717) is 6.54 Å². The summed E-state index contributed by atoms with van der Waals surface area (Å²) in [5, 5.41) is 8.85. The highest BCUT2D eigenvalue weighted by Gasteiger charge is 2.22. The van der Waals surface area contributed by atoms with Crippen LogP contribution >= 0.6 is 0 Å². The van der Waals surface area contributed by atoms with Crippen molar-refractivity contribution in [1.29, 1.82) is 0 Å². The Morgan fingerprint density at radius 1 is 1.18 bits per heavy atom. The smallest absolute Gasteiger partial charge is 0.127 e. The zero-order valence-electron chi connectivity index (χ0n) is 11.1. The highest BCUT2D eigenvalue weighted by atomic mass is 16.5. The van der Waals surface area contributed by atoms with Crippen molar-refractivity contribution in [1.82, 2.24) is 5.48 Å². The first-order valence-corrected chi connectivity index (χ1v) is 5.56. The van der Waals surface area contributed by atoms with Crippen LogP contribution in [0.15, 0.2) is 12.1 Å². The zero-order valence-corrected chi connectivity index (χ0v) is 11.1. The fourth-order valence-corrected chi connectivity index (χ4v) is 1.79. The molecule has 0 unspecified atom stereocenters. The van der Waals surface area contributed by atoms with E-state index in [1.807, 2.05) is 12.1 Å². The van der Waals surface area contributed by atoms with Crippen molar-refractivity contribution in [2.24, 2.45) is 0 Å². The second-order valence-corrected chi connectivity index (χ2v) is 4.95. The summed E-state index contributed by atoms with van der Waals surface area (Å²) in [5.41, 5.74) is 4.04. The van der Waals surface area contributed by atoms with Crippen LogP contribution in [0.1, 0.15) is 31.9 Å². The Kier molecular flexibility index (Phi) is 4.37. The molecule has 0 aliphatic heterocycles.